The zero-order valence-electron chi connectivity index (χ0n) is 24.0. The molecular formula is C31H31N3O9. The number of ether oxygens (including phenoxy) is 4. The Hall–Kier alpha value is -5.39. The maximum atomic E-state index is 13.3. The first-order chi connectivity index (χ1) is 20.7. The van der Waals surface area contributed by atoms with Crippen molar-refractivity contribution in [1.82, 2.24) is 10.2 Å². The number of nitrogens with one attached hydrogen (secondary N) is 1. The standard InChI is InChI=1S/C31H31N3O9/c1-4-14-42-25-13-9-22(17-27(25)40-3)18-33-30(36)24(29(35)32-31(33)37)15-21-8-12-26(28(16-21)41-5-2)43-19-20-6-10-23(11-7-20)34(38)39/h6-13,15-17H,4-5,14,18-19H2,1-3H3,(H,32,35,37)/b24-15+. The minimum Gasteiger partial charge on any atom is -0.493 e. The summed E-state index contributed by atoms with van der Waals surface area (Å²) in [7, 11) is 1.50. The van der Waals surface area contributed by atoms with Crippen LogP contribution in [0.25, 0.3) is 6.08 Å². The average molecular weight is 590 g/mol. The molecule has 0 atom stereocenters. The van der Waals surface area contributed by atoms with Gasteiger partial charge in [0.25, 0.3) is 17.5 Å². The number of rotatable bonds is 13. The van der Waals surface area contributed by atoms with Gasteiger partial charge in [-0.2, -0.15) is 0 Å². The van der Waals surface area contributed by atoms with E-state index < -0.39 is 22.8 Å². The fraction of sp³-hybridized carbons (Fsp3) is 0.258. The summed E-state index contributed by atoms with van der Waals surface area (Å²) in [4.78, 5) is 50.0. The zero-order valence-corrected chi connectivity index (χ0v) is 24.0. The monoisotopic (exact) mass is 589 g/mol. The number of urea groups is 1. The lowest BCUT2D eigenvalue weighted by Crippen LogP contribution is -2.53. The van der Waals surface area contributed by atoms with Crippen molar-refractivity contribution in [2.75, 3.05) is 20.3 Å². The number of nitrogens with zero attached hydrogens (tertiary/aromatic N) is 2. The van der Waals surface area contributed by atoms with E-state index in [-0.39, 0.29) is 24.4 Å². The molecule has 1 N–H and O–H groups in total. The van der Waals surface area contributed by atoms with Gasteiger partial charge in [0.1, 0.15) is 12.2 Å². The quantitative estimate of drug-likeness (QED) is 0.125. The van der Waals surface area contributed by atoms with Crippen molar-refractivity contribution in [3.8, 4) is 23.0 Å². The summed E-state index contributed by atoms with van der Waals surface area (Å²) in [5.41, 5.74) is 1.54. The largest absolute Gasteiger partial charge is 0.493 e. The van der Waals surface area contributed by atoms with E-state index in [0.29, 0.717) is 52.9 Å². The maximum absolute atomic E-state index is 13.3. The lowest BCUT2D eigenvalue weighted by Gasteiger charge is -2.26. The van der Waals surface area contributed by atoms with Gasteiger partial charge < -0.3 is 18.9 Å². The van der Waals surface area contributed by atoms with Gasteiger partial charge in [0.05, 0.1) is 31.8 Å². The van der Waals surface area contributed by atoms with Crippen molar-refractivity contribution in [3.05, 3.63) is 93.0 Å². The summed E-state index contributed by atoms with van der Waals surface area (Å²) < 4.78 is 22.7. The molecule has 1 saturated heterocycles. The first kappa shape index (κ1) is 30.6. The molecule has 3 aromatic carbocycles. The third-order valence-corrected chi connectivity index (χ3v) is 6.34. The second-order valence-corrected chi connectivity index (χ2v) is 9.39. The number of imide groups is 2. The molecule has 1 aliphatic rings. The maximum Gasteiger partial charge on any atom is 0.331 e. The van der Waals surface area contributed by atoms with E-state index in [0.717, 1.165) is 11.3 Å². The van der Waals surface area contributed by atoms with Crippen LogP contribution in [0.2, 0.25) is 0 Å². The van der Waals surface area contributed by atoms with Gasteiger partial charge in [-0.3, -0.25) is 29.9 Å². The lowest BCUT2D eigenvalue weighted by atomic mass is 10.1. The summed E-state index contributed by atoms with van der Waals surface area (Å²) in [5.74, 6) is 0.205. The van der Waals surface area contributed by atoms with Crippen LogP contribution in [-0.2, 0) is 22.7 Å². The number of benzene rings is 3. The van der Waals surface area contributed by atoms with Crippen molar-refractivity contribution < 1.29 is 38.3 Å². The van der Waals surface area contributed by atoms with Crippen molar-refractivity contribution in [3.63, 3.8) is 0 Å². The molecule has 1 fully saturated rings. The van der Waals surface area contributed by atoms with E-state index in [2.05, 4.69) is 5.32 Å². The van der Waals surface area contributed by atoms with Crippen LogP contribution in [-0.4, -0.2) is 48.0 Å². The van der Waals surface area contributed by atoms with Gasteiger partial charge in [-0.1, -0.05) is 19.1 Å². The van der Waals surface area contributed by atoms with Gasteiger partial charge in [0.15, 0.2) is 23.0 Å². The van der Waals surface area contributed by atoms with Crippen molar-refractivity contribution in [1.29, 1.82) is 0 Å². The predicted molar refractivity (Wildman–Crippen MR) is 156 cm³/mol. The van der Waals surface area contributed by atoms with Crippen LogP contribution in [0.1, 0.15) is 37.0 Å². The molecule has 4 rings (SSSR count). The number of methoxy groups -OCH3 is 1. The predicted octanol–water partition coefficient (Wildman–Crippen LogP) is 5.03. The third-order valence-electron chi connectivity index (χ3n) is 6.34. The van der Waals surface area contributed by atoms with Gasteiger partial charge in [-0.05, 0) is 72.5 Å². The molecule has 0 radical (unpaired) electrons. The number of nitro benzene ring substituents is 1. The lowest BCUT2D eigenvalue weighted by molar-refractivity contribution is -0.384. The molecule has 12 nitrogen and oxygen atoms in total. The molecule has 3 aromatic rings. The normalized spacial score (nSPS) is 14.0. The Balaban J connectivity index is 1.53. The number of hydrogen-bond donors (Lipinski definition) is 1. The van der Waals surface area contributed by atoms with Crippen LogP contribution >= 0.6 is 0 Å². The fourth-order valence-corrected chi connectivity index (χ4v) is 4.21. The molecule has 224 valence electrons. The molecule has 12 heteroatoms. The van der Waals surface area contributed by atoms with Crippen molar-refractivity contribution in [2.45, 2.75) is 33.4 Å². The Bertz CT molecular complexity index is 1550. The summed E-state index contributed by atoms with van der Waals surface area (Å²) in [6.45, 7) is 4.65. The van der Waals surface area contributed by atoms with Gasteiger partial charge >= 0.3 is 6.03 Å². The van der Waals surface area contributed by atoms with E-state index in [9.17, 15) is 24.5 Å². The van der Waals surface area contributed by atoms with Crippen LogP contribution in [0.4, 0.5) is 10.5 Å². The number of carbonyl (C=O) groups excluding carboxylic acids is 3. The Morgan fingerprint density at radius 1 is 0.860 bits per heavy atom. The first-order valence-corrected chi connectivity index (χ1v) is 13.6. The number of hydrogen-bond acceptors (Lipinski definition) is 9. The van der Waals surface area contributed by atoms with Gasteiger partial charge in [-0.15, -0.1) is 0 Å². The minimum absolute atomic E-state index is 0.0210. The summed E-state index contributed by atoms with van der Waals surface area (Å²) in [6, 6.07) is 15.1. The Labute approximate surface area is 247 Å². The molecule has 0 saturated carbocycles. The van der Waals surface area contributed by atoms with Crippen LogP contribution in [0, 0.1) is 10.1 Å². The highest BCUT2D eigenvalue weighted by molar-refractivity contribution is 6.31. The number of non-ortho nitro benzene ring substituents is 1. The van der Waals surface area contributed by atoms with Crippen LogP contribution < -0.4 is 24.3 Å². The average Bonchev–Trinajstić information content (AvgIpc) is 3.00. The molecule has 0 bridgehead atoms. The zero-order chi connectivity index (χ0) is 30.9. The fourth-order valence-electron chi connectivity index (χ4n) is 4.21. The van der Waals surface area contributed by atoms with E-state index in [1.165, 1.54) is 25.3 Å². The van der Waals surface area contributed by atoms with Crippen LogP contribution in [0.3, 0.4) is 0 Å². The molecular weight excluding hydrogens is 558 g/mol. The summed E-state index contributed by atoms with van der Waals surface area (Å²) in [6.07, 6.45) is 2.20. The SMILES string of the molecule is CCCOc1ccc(CN2C(=O)NC(=O)/C(=C\c3ccc(OCc4ccc([N+](=O)[O-])cc4)c(OCC)c3)C2=O)cc1OC. The van der Waals surface area contributed by atoms with E-state index in [4.69, 9.17) is 18.9 Å². The number of nitro groups is 1. The number of carbonyl (C=O) groups is 3. The molecule has 4 amide bonds. The summed E-state index contributed by atoms with van der Waals surface area (Å²) >= 11 is 0. The molecule has 1 aliphatic heterocycles. The highest BCUT2D eigenvalue weighted by Crippen LogP contribution is 2.32. The highest BCUT2D eigenvalue weighted by Gasteiger charge is 2.36. The van der Waals surface area contributed by atoms with E-state index in [1.807, 2.05) is 6.92 Å². The second kappa shape index (κ2) is 14.0. The molecule has 0 aromatic heterocycles. The third kappa shape index (κ3) is 7.47. The Morgan fingerprint density at radius 3 is 2.23 bits per heavy atom. The number of amides is 4. The van der Waals surface area contributed by atoms with Gasteiger partial charge in [0, 0.05) is 12.1 Å². The minimum atomic E-state index is -0.831. The van der Waals surface area contributed by atoms with Crippen LogP contribution in [0.15, 0.2) is 66.2 Å². The molecule has 43 heavy (non-hydrogen) atoms. The molecule has 1 heterocycles. The van der Waals surface area contributed by atoms with E-state index in [1.54, 1.807) is 55.5 Å². The molecule has 0 spiro atoms. The highest BCUT2D eigenvalue weighted by atomic mass is 16.6. The van der Waals surface area contributed by atoms with Gasteiger partial charge in [0.2, 0.25) is 0 Å². The van der Waals surface area contributed by atoms with Gasteiger partial charge in [-0.25, -0.2) is 4.79 Å². The number of barbiturate groups is 1. The Kier molecular flexibility index (Phi) is 9.94. The van der Waals surface area contributed by atoms with E-state index >= 15 is 0 Å². The summed E-state index contributed by atoms with van der Waals surface area (Å²) in [5, 5.41) is 13.1. The van der Waals surface area contributed by atoms with Crippen LogP contribution in [0.5, 0.6) is 23.0 Å². The smallest absolute Gasteiger partial charge is 0.331 e. The Morgan fingerprint density at radius 2 is 1.56 bits per heavy atom. The topological polar surface area (TPSA) is 147 Å². The van der Waals surface area contributed by atoms with Crippen molar-refractivity contribution >= 4 is 29.6 Å². The first-order valence-electron chi connectivity index (χ1n) is 13.6. The van der Waals surface area contributed by atoms with Crippen molar-refractivity contribution in [2.24, 2.45) is 0 Å². The molecule has 0 aliphatic carbocycles. The second-order valence-electron chi connectivity index (χ2n) is 9.39. The molecule has 0 unspecified atom stereocenters.